The van der Waals surface area contributed by atoms with Gasteiger partial charge in [-0.1, -0.05) is 6.92 Å². The minimum Gasteiger partial charge on any atom is -0.385 e. The molecule has 2 aromatic rings. The van der Waals surface area contributed by atoms with Gasteiger partial charge in [0, 0.05) is 31.4 Å². The lowest BCUT2D eigenvalue weighted by molar-refractivity contribution is 0.0785. The Bertz CT molecular complexity index is 595. The summed E-state index contributed by atoms with van der Waals surface area (Å²) in [4.78, 5) is 14.1. The SMILES string of the molecule is CCCNc1ccc(C(=O)N(C)Cc2csc(Br)c2)cc1. The van der Waals surface area contributed by atoms with E-state index < -0.39 is 0 Å². The van der Waals surface area contributed by atoms with E-state index in [4.69, 9.17) is 0 Å². The maximum absolute atomic E-state index is 12.4. The molecule has 5 heteroatoms. The first-order valence-electron chi connectivity index (χ1n) is 6.92. The Hall–Kier alpha value is -1.33. The molecule has 0 radical (unpaired) electrons. The highest BCUT2D eigenvalue weighted by Crippen LogP contribution is 2.22. The van der Waals surface area contributed by atoms with Crippen LogP contribution in [0.5, 0.6) is 0 Å². The number of anilines is 1. The van der Waals surface area contributed by atoms with E-state index in [1.165, 1.54) is 0 Å². The lowest BCUT2D eigenvalue weighted by Crippen LogP contribution is -2.25. The highest BCUT2D eigenvalue weighted by molar-refractivity contribution is 9.11. The average Bonchev–Trinajstić information content (AvgIpc) is 2.90. The van der Waals surface area contributed by atoms with Crippen molar-refractivity contribution in [3.05, 3.63) is 50.6 Å². The largest absolute Gasteiger partial charge is 0.385 e. The Kier molecular flexibility index (Phi) is 5.82. The molecule has 0 bridgehead atoms. The Morgan fingerprint density at radius 1 is 1.33 bits per heavy atom. The average molecular weight is 367 g/mol. The van der Waals surface area contributed by atoms with Gasteiger partial charge in [0.25, 0.3) is 5.91 Å². The summed E-state index contributed by atoms with van der Waals surface area (Å²) >= 11 is 5.07. The van der Waals surface area contributed by atoms with Crippen LogP contribution in [-0.2, 0) is 6.54 Å². The number of benzene rings is 1. The second-order valence-electron chi connectivity index (χ2n) is 4.92. The molecule has 21 heavy (non-hydrogen) atoms. The normalized spacial score (nSPS) is 10.4. The van der Waals surface area contributed by atoms with E-state index in [1.807, 2.05) is 37.4 Å². The Morgan fingerprint density at radius 3 is 2.62 bits per heavy atom. The number of halogens is 1. The monoisotopic (exact) mass is 366 g/mol. The third-order valence-corrected chi connectivity index (χ3v) is 4.65. The summed E-state index contributed by atoms with van der Waals surface area (Å²) in [5, 5.41) is 5.36. The van der Waals surface area contributed by atoms with Gasteiger partial charge in [0.15, 0.2) is 0 Å². The molecular formula is C16H19BrN2OS. The summed E-state index contributed by atoms with van der Waals surface area (Å²) in [6, 6.07) is 9.71. The fourth-order valence-corrected chi connectivity index (χ4v) is 3.20. The van der Waals surface area contributed by atoms with Gasteiger partial charge in [-0.15, -0.1) is 11.3 Å². The van der Waals surface area contributed by atoms with Crippen LogP contribution in [0.3, 0.4) is 0 Å². The van der Waals surface area contributed by atoms with Crippen molar-refractivity contribution >= 4 is 38.9 Å². The van der Waals surface area contributed by atoms with E-state index in [1.54, 1.807) is 16.2 Å². The molecule has 2 rings (SSSR count). The number of carbonyl (C=O) groups is 1. The van der Waals surface area contributed by atoms with Crippen LogP contribution in [0.2, 0.25) is 0 Å². The van der Waals surface area contributed by atoms with Crippen LogP contribution in [0.25, 0.3) is 0 Å². The van der Waals surface area contributed by atoms with Gasteiger partial charge in [0.2, 0.25) is 0 Å². The fourth-order valence-electron chi connectivity index (χ4n) is 1.99. The minimum atomic E-state index is 0.0411. The number of thiophene rings is 1. The van der Waals surface area contributed by atoms with Crippen molar-refractivity contribution in [2.24, 2.45) is 0 Å². The van der Waals surface area contributed by atoms with E-state index in [0.717, 1.165) is 28.0 Å². The number of carbonyl (C=O) groups excluding carboxylic acids is 1. The van der Waals surface area contributed by atoms with Crippen molar-refractivity contribution in [3.8, 4) is 0 Å². The molecule has 3 nitrogen and oxygen atoms in total. The predicted molar refractivity (Wildman–Crippen MR) is 93.0 cm³/mol. The summed E-state index contributed by atoms with van der Waals surface area (Å²) in [7, 11) is 1.83. The van der Waals surface area contributed by atoms with Gasteiger partial charge in [-0.2, -0.15) is 0 Å². The lowest BCUT2D eigenvalue weighted by atomic mass is 10.1. The van der Waals surface area contributed by atoms with Crippen LogP contribution in [0.4, 0.5) is 5.69 Å². The molecule has 1 amide bonds. The van der Waals surface area contributed by atoms with Gasteiger partial charge in [-0.25, -0.2) is 0 Å². The van der Waals surface area contributed by atoms with Crippen LogP contribution in [0, 0.1) is 0 Å². The van der Waals surface area contributed by atoms with E-state index in [2.05, 4.69) is 33.6 Å². The number of nitrogens with one attached hydrogen (secondary N) is 1. The first-order valence-corrected chi connectivity index (χ1v) is 8.59. The first kappa shape index (κ1) is 16.0. The molecule has 1 aromatic carbocycles. The number of rotatable bonds is 6. The van der Waals surface area contributed by atoms with Crippen LogP contribution >= 0.6 is 27.3 Å². The highest BCUT2D eigenvalue weighted by Gasteiger charge is 2.12. The van der Waals surface area contributed by atoms with E-state index in [0.29, 0.717) is 12.1 Å². The van der Waals surface area contributed by atoms with Crippen molar-refractivity contribution in [2.75, 3.05) is 18.9 Å². The number of hydrogen-bond donors (Lipinski definition) is 1. The van der Waals surface area contributed by atoms with Crippen LogP contribution in [0.1, 0.15) is 29.3 Å². The zero-order valence-corrected chi connectivity index (χ0v) is 14.6. The molecule has 0 atom stereocenters. The summed E-state index contributed by atoms with van der Waals surface area (Å²) in [5.41, 5.74) is 2.91. The van der Waals surface area contributed by atoms with E-state index in [-0.39, 0.29) is 5.91 Å². The maximum Gasteiger partial charge on any atom is 0.253 e. The Morgan fingerprint density at radius 2 is 2.05 bits per heavy atom. The van der Waals surface area contributed by atoms with Gasteiger partial charge >= 0.3 is 0 Å². The third-order valence-electron chi connectivity index (χ3n) is 3.10. The fraction of sp³-hybridized carbons (Fsp3) is 0.312. The van der Waals surface area contributed by atoms with Gasteiger partial charge in [-0.05, 0) is 63.6 Å². The van der Waals surface area contributed by atoms with Gasteiger partial charge in [0.1, 0.15) is 0 Å². The van der Waals surface area contributed by atoms with E-state index >= 15 is 0 Å². The molecule has 0 unspecified atom stereocenters. The molecule has 1 aromatic heterocycles. The molecule has 0 spiro atoms. The zero-order valence-electron chi connectivity index (χ0n) is 12.2. The standard InChI is InChI=1S/C16H19BrN2OS/c1-3-8-18-14-6-4-13(5-7-14)16(20)19(2)10-12-9-15(17)21-11-12/h4-7,9,11,18H,3,8,10H2,1-2H3. The second-order valence-corrected chi connectivity index (χ2v) is 7.21. The molecule has 1 N–H and O–H groups in total. The maximum atomic E-state index is 12.4. The summed E-state index contributed by atoms with van der Waals surface area (Å²) in [6.45, 7) is 3.69. The molecule has 0 aliphatic carbocycles. The van der Waals surface area contributed by atoms with Crippen LogP contribution < -0.4 is 5.32 Å². The number of amides is 1. The third kappa shape index (κ3) is 4.58. The first-order chi connectivity index (χ1) is 10.1. The van der Waals surface area contributed by atoms with Crippen LogP contribution in [0.15, 0.2) is 39.5 Å². The van der Waals surface area contributed by atoms with Crippen molar-refractivity contribution in [3.63, 3.8) is 0 Å². The molecule has 0 aliphatic heterocycles. The molecular weight excluding hydrogens is 348 g/mol. The highest BCUT2D eigenvalue weighted by atomic mass is 79.9. The number of nitrogens with zero attached hydrogens (tertiary/aromatic N) is 1. The smallest absolute Gasteiger partial charge is 0.253 e. The Balaban J connectivity index is 1.98. The van der Waals surface area contributed by atoms with Crippen molar-refractivity contribution < 1.29 is 4.79 Å². The zero-order chi connectivity index (χ0) is 15.2. The predicted octanol–water partition coefficient (Wildman–Crippen LogP) is 4.60. The summed E-state index contributed by atoms with van der Waals surface area (Å²) < 4.78 is 1.09. The molecule has 0 saturated heterocycles. The van der Waals surface area contributed by atoms with Crippen LogP contribution in [-0.4, -0.2) is 24.4 Å². The Labute approximate surface area is 138 Å². The van der Waals surface area contributed by atoms with Gasteiger partial charge in [0.05, 0.1) is 3.79 Å². The molecule has 112 valence electrons. The lowest BCUT2D eigenvalue weighted by Gasteiger charge is -2.16. The van der Waals surface area contributed by atoms with Gasteiger partial charge < -0.3 is 10.2 Å². The molecule has 0 aliphatic rings. The summed E-state index contributed by atoms with van der Waals surface area (Å²) in [5.74, 6) is 0.0411. The molecule has 1 heterocycles. The molecule has 0 fully saturated rings. The van der Waals surface area contributed by atoms with Crippen molar-refractivity contribution in [1.29, 1.82) is 0 Å². The van der Waals surface area contributed by atoms with Crippen molar-refractivity contribution in [1.82, 2.24) is 4.90 Å². The van der Waals surface area contributed by atoms with E-state index in [9.17, 15) is 4.79 Å². The van der Waals surface area contributed by atoms with Gasteiger partial charge in [-0.3, -0.25) is 4.79 Å². The summed E-state index contributed by atoms with van der Waals surface area (Å²) in [6.07, 6.45) is 1.08. The quantitative estimate of drug-likeness (QED) is 0.809. The topological polar surface area (TPSA) is 32.3 Å². The van der Waals surface area contributed by atoms with Crippen molar-refractivity contribution in [2.45, 2.75) is 19.9 Å². The molecule has 0 saturated carbocycles. The second kappa shape index (κ2) is 7.61. The number of hydrogen-bond acceptors (Lipinski definition) is 3. The minimum absolute atomic E-state index is 0.0411.